The molecule has 0 unspecified atom stereocenters. The number of aliphatic imine (C=N–C) groups is 1. The third kappa shape index (κ3) is 0.942. The van der Waals surface area contributed by atoms with Crippen molar-refractivity contribution in [1.29, 1.82) is 0 Å². The fourth-order valence-corrected chi connectivity index (χ4v) is 6.57. The van der Waals surface area contributed by atoms with E-state index in [1.807, 2.05) is 0 Å². The van der Waals surface area contributed by atoms with Gasteiger partial charge in [0, 0.05) is 11.8 Å². The van der Waals surface area contributed by atoms with Crippen LogP contribution >= 0.6 is 58.0 Å². The Morgan fingerprint density at radius 2 is 1.65 bits per heavy atom. The predicted molar refractivity (Wildman–Crippen MR) is 72.6 cm³/mol. The second kappa shape index (κ2) is 2.96. The molecule has 4 aliphatic rings. The van der Waals surface area contributed by atoms with Crippen molar-refractivity contribution in [2.45, 2.75) is 20.6 Å². The maximum Gasteiger partial charge on any atom is 0.183 e. The van der Waals surface area contributed by atoms with E-state index in [-0.39, 0.29) is 17.0 Å². The summed E-state index contributed by atoms with van der Waals surface area (Å²) >= 11 is 32.3. The molecule has 17 heavy (non-hydrogen) atoms. The van der Waals surface area contributed by atoms with E-state index >= 15 is 0 Å². The van der Waals surface area contributed by atoms with Gasteiger partial charge in [0.25, 0.3) is 0 Å². The van der Waals surface area contributed by atoms with E-state index in [0.29, 0.717) is 11.8 Å². The van der Waals surface area contributed by atoms with Crippen LogP contribution in [0.5, 0.6) is 0 Å². The Bertz CT molecular complexity index is 486. The molecular formula is C11H8Cl5N. The lowest BCUT2D eigenvalue weighted by Crippen LogP contribution is -2.48. The number of alkyl halides is 4. The standard InChI is InChI=1S/C11H8Cl5N/c12-8-9(13)6-4-1-2-5(3-4)7(6)10(14,17-8)11(9,15)16/h1-2,4-7H,3H2/t4-,5+,6+,7-,9+,10-/m0/s1. The molecule has 3 aliphatic carbocycles. The number of allylic oxidation sites excluding steroid dienone is 2. The minimum atomic E-state index is -1.33. The quantitative estimate of drug-likeness (QED) is 0.273. The molecule has 6 atom stereocenters. The molecule has 6 heteroatoms. The van der Waals surface area contributed by atoms with E-state index in [4.69, 9.17) is 58.0 Å². The zero-order valence-corrected chi connectivity index (χ0v) is 12.3. The predicted octanol–water partition coefficient (Wildman–Crippen LogP) is 4.18. The summed E-state index contributed by atoms with van der Waals surface area (Å²) in [6, 6.07) is 0. The lowest BCUT2D eigenvalue weighted by molar-refractivity contribution is 0.298. The minimum Gasteiger partial charge on any atom is -0.249 e. The van der Waals surface area contributed by atoms with Crippen molar-refractivity contribution in [2.24, 2.45) is 28.7 Å². The first-order valence-electron chi connectivity index (χ1n) is 5.54. The van der Waals surface area contributed by atoms with Gasteiger partial charge in [0.15, 0.2) is 9.33 Å². The average molecular weight is 331 g/mol. The van der Waals surface area contributed by atoms with Crippen molar-refractivity contribution in [3.05, 3.63) is 12.2 Å². The molecule has 1 heterocycles. The number of halogens is 5. The Labute approximate surface area is 124 Å². The van der Waals surface area contributed by atoms with Gasteiger partial charge in [-0.25, -0.2) is 4.99 Å². The van der Waals surface area contributed by atoms with Gasteiger partial charge in [-0.3, -0.25) is 0 Å². The van der Waals surface area contributed by atoms with Gasteiger partial charge in [-0.15, -0.1) is 11.6 Å². The van der Waals surface area contributed by atoms with Crippen molar-refractivity contribution >= 4 is 63.2 Å². The summed E-state index contributed by atoms with van der Waals surface area (Å²) in [5.41, 5.74) is 0. The van der Waals surface area contributed by atoms with Crippen molar-refractivity contribution in [3.8, 4) is 0 Å². The highest BCUT2D eigenvalue weighted by Gasteiger charge is 2.84. The van der Waals surface area contributed by atoms with Gasteiger partial charge < -0.3 is 0 Å². The maximum absolute atomic E-state index is 6.68. The summed E-state index contributed by atoms with van der Waals surface area (Å²) in [4.78, 5) is 2.18. The Kier molecular flexibility index (Phi) is 2.03. The number of fused-ring (bicyclic) bond motifs is 9. The van der Waals surface area contributed by atoms with Crippen LogP contribution in [0.15, 0.2) is 17.1 Å². The Balaban J connectivity index is 2.00. The third-order valence-corrected chi connectivity index (χ3v) is 8.19. The van der Waals surface area contributed by atoms with Crippen LogP contribution in [0.1, 0.15) is 6.42 Å². The Hall–Kier alpha value is 0.860. The fraction of sp³-hybridized carbons (Fsp3) is 0.727. The highest BCUT2D eigenvalue weighted by Crippen LogP contribution is 2.77. The first-order valence-corrected chi connectivity index (χ1v) is 7.43. The first-order chi connectivity index (χ1) is 7.84. The van der Waals surface area contributed by atoms with Gasteiger partial charge in [0.1, 0.15) is 10.0 Å². The lowest BCUT2D eigenvalue weighted by atomic mass is 9.79. The molecule has 0 aromatic rings. The van der Waals surface area contributed by atoms with E-state index in [0.717, 1.165) is 6.42 Å². The molecule has 0 amide bonds. The van der Waals surface area contributed by atoms with E-state index in [1.165, 1.54) is 0 Å². The van der Waals surface area contributed by atoms with Gasteiger partial charge in [0.2, 0.25) is 0 Å². The molecule has 1 nitrogen and oxygen atoms in total. The van der Waals surface area contributed by atoms with Gasteiger partial charge in [-0.05, 0) is 18.3 Å². The number of hydrogen-bond donors (Lipinski definition) is 0. The van der Waals surface area contributed by atoms with Crippen LogP contribution in [0.4, 0.5) is 0 Å². The van der Waals surface area contributed by atoms with Crippen molar-refractivity contribution in [1.82, 2.24) is 0 Å². The fourth-order valence-electron chi connectivity index (χ4n) is 4.20. The summed E-state index contributed by atoms with van der Waals surface area (Å²) in [5.74, 6) is 0.920. The van der Waals surface area contributed by atoms with Crippen LogP contribution in [0.2, 0.25) is 0 Å². The summed E-state index contributed by atoms with van der Waals surface area (Å²) < 4.78 is -1.33. The minimum absolute atomic E-state index is 0.0918. The van der Waals surface area contributed by atoms with Crippen molar-refractivity contribution in [2.75, 3.05) is 0 Å². The van der Waals surface area contributed by atoms with E-state index in [2.05, 4.69) is 17.1 Å². The van der Waals surface area contributed by atoms with Gasteiger partial charge in [-0.1, -0.05) is 58.6 Å². The van der Waals surface area contributed by atoms with Crippen LogP contribution in [0, 0.1) is 23.7 Å². The van der Waals surface area contributed by atoms with Crippen molar-refractivity contribution in [3.63, 3.8) is 0 Å². The normalized spacial score (nSPS) is 60.9. The largest absolute Gasteiger partial charge is 0.249 e. The Morgan fingerprint density at radius 3 is 2.29 bits per heavy atom. The topological polar surface area (TPSA) is 12.4 Å². The molecule has 0 radical (unpaired) electrons. The van der Waals surface area contributed by atoms with Gasteiger partial charge in [0.05, 0.1) is 0 Å². The molecule has 0 aromatic heterocycles. The third-order valence-electron chi connectivity index (χ3n) is 4.82. The molecule has 0 aromatic carbocycles. The average Bonchev–Trinajstić information content (AvgIpc) is 2.90. The van der Waals surface area contributed by atoms with E-state index in [9.17, 15) is 0 Å². The van der Waals surface area contributed by atoms with Crippen LogP contribution in [0.3, 0.4) is 0 Å². The monoisotopic (exact) mass is 329 g/mol. The molecule has 2 saturated carbocycles. The molecule has 2 fully saturated rings. The molecule has 4 bridgehead atoms. The smallest absolute Gasteiger partial charge is 0.183 e. The molecule has 0 spiro atoms. The molecule has 0 saturated heterocycles. The van der Waals surface area contributed by atoms with Crippen molar-refractivity contribution < 1.29 is 0 Å². The van der Waals surface area contributed by atoms with Gasteiger partial charge in [-0.2, -0.15) is 0 Å². The highest BCUT2D eigenvalue weighted by atomic mass is 35.5. The first kappa shape index (κ1) is 11.7. The number of rotatable bonds is 0. The summed E-state index contributed by atoms with van der Waals surface area (Å²) in [7, 11) is 0. The van der Waals surface area contributed by atoms with Crippen LogP contribution in [-0.4, -0.2) is 19.4 Å². The zero-order valence-electron chi connectivity index (χ0n) is 8.51. The SMILES string of the molecule is ClC1=N[C@@]2(Cl)[C@@H]3[C@@H]([C@H]4C=C[C@@H]3C4)[C@]1(Cl)C2(Cl)Cl. The Morgan fingerprint density at radius 1 is 1.06 bits per heavy atom. The summed E-state index contributed by atoms with van der Waals surface area (Å²) in [5, 5.41) is 0.265. The van der Waals surface area contributed by atoms with Crippen LogP contribution in [0.25, 0.3) is 0 Å². The molecule has 92 valence electrons. The number of nitrogens with zero attached hydrogens (tertiary/aromatic N) is 1. The lowest BCUT2D eigenvalue weighted by Gasteiger charge is -2.35. The summed E-state index contributed by atoms with van der Waals surface area (Å²) in [6.07, 6.45) is 5.43. The molecule has 4 rings (SSSR count). The van der Waals surface area contributed by atoms with Crippen LogP contribution in [-0.2, 0) is 0 Å². The zero-order chi connectivity index (χ0) is 12.2. The molecular weight excluding hydrogens is 323 g/mol. The maximum atomic E-state index is 6.68. The second-order valence-electron chi connectivity index (χ2n) is 5.36. The van der Waals surface area contributed by atoms with Crippen LogP contribution < -0.4 is 0 Å². The molecule has 1 aliphatic heterocycles. The highest BCUT2D eigenvalue weighted by molar-refractivity contribution is 6.78. The van der Waals surface area contributed by atoms with E-state index < -0.39 is 14.2 Å². The summed E-state index contributed by atoms with van der Waals surface area (Å²) in [6.45, 7) is 0. The van der Waals surface area contributed by atoms with Gasteiger partial charge >= 0.3 is 0 Å². The second-order valence-corrected chi connectivity index (χ2v) is 8.22. The van der Waals surface area contributed by atoms with E-state index in [1.54, 1.807) is 0 Å². The molecule has 0 N–H and O–H groups in total. The number of hydrogen-bond acceptors (Lipinski definition) is 1.